The van der Waals surface area contributed by atoms with Gasteiger partial charge >= 0.3 is 0 Å². The summed E-state index contributed by atoms with van der Waals surface area (Å²) in [5, 5.41) is 11.2. The zero-order valence-corrected chi connectivity index (χ0v) is 18.5. The van der Waals surface area contributed by atoms with E-state index in [0.717, 1.165) is 0 Å². The predicted molar refractivity (Wildman–Crippen MR) is 119 cm³/mol. The van der Waals surface area contributed by atoms with Gasteiger partial charge in [-0.15, -0.1) is 0 Å². The van der Waals surface area contributed by atoms with Crippen LogP contribution in [-0.4, -0.2) is 25.6 Å². The number of fused-ring (bicyclic) bond motifs is 1. The highest BCUT2D eigenvalue weighted by atomic mass is 35.5. The highest BCUT2D eigenvalue weighted by molar-refractivity contribution is 7.99. The average molecular weight is 477 g/mol. The van der Waals surface area contributed by atoms with Crippen molar-refractivity contribution >= 4 is 50.0 Å². The lowest BCUT2D eigenvalue weighted by molar-refractivity contribution is -0.0787. The number of halogens is 1. The number of aliphatic hydroxyl groups is 1. The third-order valence-corrected chi connectivity index (χ3v) is 6.88. The molecule has 2 heterocycles. The number of hydrogen-bond acceptors (Lipinski definition) is 7. The Bertz CT molecular complexity index is 1310. The van der Waals surface area contributed by atoms with Gasteiger partial charge in [0.25, 0.3) is 10.0 Å². The first-order chi connectivity index (χ1) is 14.9. The summed E-state index contributed by atoms with van der Waals surface area (Å²) < 4.78 is 38.9. The molecule has 2 aromatic carbocycles. The number of sulfonamides is 1. The molecule has 4 aromatic rings. The Kier molecular flexibility index (Phi) is 6.22. The van der Waals surface area contributed by atoms with E-state index in [9.17, 15) is 13.5 Å². The van der Waals surface area contributed by atoms with Gasteiger partial charge in [0.05, 0.1) is 10.7 Å². The van der Waals surface area contributed by atoms with Crippen molar-refractivity contribution in [2.24, 2.45) is 0 Å². The lowest BCUT2D eigenvalue weighted by Crippen LogP contribution is -2.13. The maximum Gasteiger partial charge on any atom is 0.295 e. The molecular formula is C21H17ClN2O5S2. The van der Waals surface area contributed by atoms with E-state index >= 15 is 0 Å². The monoisotopic (exact) mass is 476 g/mol. The van der Waals surface area contributed by atoms with Crippen LogP contribution in [0.2, 0.25) is 5.02 Å². The van der Waals surface area contributed by atoms with Crippen molar-refractivity contribution in [1.29, 1.82) is 0 Å². The van der Waals surface area contributed by atoms with Crippen molar-refractivity contribution in [1.82, 2.24) is 4.98 Å². The van der Waals surface area contributed by atoms with E-state index in [-0.39, 0.29) is 15.8 Å². The van der Waals surface area contributed by atoms with Crippen LogP contribution in [0, 0.1) is 0 Å². The van der Waals surface area contributed by atoms with E-state index < -0.39 is 16.3 Å². The molecule has 0 spiro atoms. The second-order valence-electron chi connectivity index (χ2n) is 6.44. The maximum atomic E-state index is 13.0. The van der Waals surface area contributed by atoms with Gasteiger partial charge in [0.2, 0.25) is 5.09 Å². The molecule has 0 aliphatic carbocycles. The smallest absolute Gasteiger partial charge is 0.295 e. The van der Waals surface area contributed by atoms with E-state index in [1.165, 1.54) is 37.2 Å². The molecule has 0 bridgehead atoms. The summed E-state index contributed by atoms with van der Waals surface area (Å²) >= 11 is 7.24. The van der Waals surface area contributed by atoms with Crippen LogP contribution in [0.15, 0.2) is 86.3 Å². The fourth-order valence-corrected chi connectivity index (χ4v) is 5.09. The third kappa shape index (κ3) is 4.70. The molecule has 7 nitrogen and oxygen atoms in total. The topological polar surface area (TPSA) is 102 Å². The Morgan fingerprint density at radius 2 is 1.90 bits per heavy atom. The number of aliphatic hydroxyl groups excluding tert-OH is 1. The number of para-hydroxylation sites is 1. The van der Waals surface area contributed by atoms with Crippen molar-refractivity contribution in [3.05, 3.63) is 77.4 Å². The number of hydrogen-bond donors (Lipinski definition) is 2. The summed E-state index contributed by atoms with van der Waals surface area (Å²) in [5.41, 5.74) is 1.17. The van der Waals surface area contributed by atoms with Gasteiger partial charge in [-0.1, -0.05) is 59.8 Å². The highest BCUT2D eigenvalue weighted by Gasteiger charge is 2.23. The molecule has 0 aliphatic rings. The lowest BCUT2D eigenvalue weighted by atomic mass is 10.2. The van der Waals surface area contributed by atoms with Crippen molar-refractivity contribution < 1.29 is 22.7 Å². The van der Waals surface area contributed by atoms with Gasteiger partial charge in [0.1, 0.15) is 10.6 Å². The first-order valence-corrected chi connectivity index (χ1v) is 11.7. The average Bonchev–Trinajstić information content (AvgIpc) is 3.21. The molecule has 4 rings (SSSR count). The number of ether oxygens (including phenoxy) is 1. The van der Waals surface area contributed by atoms with Gasteiger partial charge in [-0.2, -0.15) is 8.42 Å². The fourth-order valence-electron chi connectivity index (χ4n) is 2.87. The molecule has 10 heteroatoms. The molecule has 2 aromatic heterocycles. The number of benzene rings is 2. The second kappa shape index (κ2) is 8.89. The van der Waals surface area contributed by atoms with Gasteiger partial charge in [0, 0.05) is 35.2 Å². The number of anilines is 1. The summed E-state index contributed by atoms with van der Waals surface area (Å²) in [6, 6.07) is 17.0. The van der Waals surface area contributed by atoms with Crippen molar-refractivity contribution in [2.75, 3.05) is 11.8 Å². The van der Waals surface area contributed by atoms with Gasteiger partial charge in [-0.25, -0.2) is 4.98 Å². The Hall–Kier alpha value is -2.56. The molecule has 0 radical (unpaired) electrons. The zero-order valence-electron chi connectivity index (χ0n) is 16.2. The summed E-state index contributed by atoms with van der Waals surface area (Å²) in [5.74, 6) is 0. The van der Waals surface area contributed by atoms with Crippen LogP contribution in [0.4, 0.5) is 5.69 Å². The minimum absolute atomic E-state index is 0.180. The highest BCUT2D eigenvalue weighted by Crippen LogP contribution is 2.38. The van der Waals surface area contributed by atoms with Crippen LogP contribution in [-0.2, 0) is 14.8 Å². The summed E-state index contributed by atoms with van der Waals surface area (Å²) in [6.45, 7) is 0. The van der Waals surface area contributed by atoms with Crippen LogP contribution in [0.25, 0.3) is 11.0 Å². The number of methoxy groups -OCH3 is 1. The number of nitrogens with one attached hydrogen (secondary N) is 1. The maximum absolute atomic E-state index is 13.0. The van der Waals surface area contributed by atoms with Crippen molar-refractivity contribution in [3.63, 3.8) is 0 Å². The Balaban J connectivity index is 1.69. The van der Waals surface area contributed by atoms with Crippen LogP contribution in [0.5, 0.6) is 0 Å². The van der Waals surface area contributed by atoms with Crippen molar-refractivity contribution in [2.45, 2.75) is 21.3 Å². The molecule has 0 saturated heterocycles. The van der Waals surface area contributed by atoms with Gasteiger partial charge in [0.15, 0.2) is 6.29 Å². The Morgan fingerprint density at radius 3 is 2.68 bits per heavy atom. The van der Waals surface area contributed by atoms with Crippen molar-refractivity contribution in [3.8, 4) is 0 Å². The molecule has 160 valence electrons. The Labute approximate surface area is 188 Å². The van der Waals surface area contributed by atoms with E-state index in [1.54, 1.807) is 48.5 Å². The molecule has 0 amide bonds. The molecule has 0 saturated carbocycles. The van der Waals surface area contributed by atoms with E-state index in [4.69, 9.17) is 20.8 Å². The number of aromatic nitrogens is 1. The normalized spacial score (nSPS) is 12.7. The minimum atomic E-state index is -4.04. The number of furan rings is 1. The molecule has 31 heavy (non-hydrogen) atoms. The van der Waals surface area contributed by atoms with Crippen LogP contribution in [0.1, 0.15) is 11.9 Å². The molecular weight excluding hydrogens is 460 g/mol. The summed E-state index contributed by atoms with van der Waals surface area (Å²) in [6.07, 6.45) is 0.282. The van der Waals surface area contributed by atoms with E-state index in [0.29, 0.717) is 26.5 Å². The first-order valence-electron chi connectivity index (χ1n) is 9.02. The molecule has 1 atom stereocenters. The second-order valence-corrected chi connectivity index (χ2v) is 9.52. The fraction of sp³-hybridized carbons (Fsp3) is 0.0952. The standard InChI is InChI=1S/C21H17ClN2O5S2/c1-28-21(25)15-7-3-5-9-18(15)30-20-16(11-14(22)12-23-20)24-31(26,27)19-10-13-6-2-4-8-17(13)29-19/h2-12,21,24-25H,1H3. The Morgan fingerprint density at radius 1 is 1.16 bits per heavy atom. The number of nitrogens with zero attached hydrogens (tertiary/aromatic N) is 1. The molecule has 2 N–H and O–H groups in total. The third-order valence-electron chi connectivity index (χ3n) is 4.34. The zero-order chi connectivity index (χ0) is 22.0. The summed E-state index contributed by atoms with van der Waals surface area (Å²) in [7, 11) is -2.65. The van der Waals surface area contributed by atoms with E-state index in [1.807, 2.05) is 0 Å². The quantitative estimate of drug-likeness (QED) is 0.359. The minimum Gasteiger partial charge on any atom is -0.443 e. The first kappa shape index (κ1) is 21.7. The summed E-state index contributed by atoms with van der Waals surface area (Å²) in [4.78, 5) is 4.92. The van der Waals surface area contributed by atoms with Crippen LogP contribution in [0.3, 0.4) is 0 Å². The number of rotatable bonds is 7. The van der Waals surface area contributed by atoms with Gasteiger partial charge in [-0.3, -0.25) is 4.72 Å². The predicted octanol–water partition coefficient (Wildman–Crippen LogP) is 5.07. The lowest BCUT2D eigenvalue weighted by Gasteiger charge is -2.15. The van der Waals surface area contributed by atoms with E-state index in [2.05, 4.69) is 9.71 Å². The largest absolute Gasteiger partial charge is 0.443 e. The van der Waals surface area contributed by atoms with Gasteiger partial charge < -0.3 is 14.3 Å². The molecule has 0 aliphatic heterocycles. The van der Waals surface area contributed by atoms with Crippen LogP contribution < -0.4 is 4.72 Å². The number of pyridine rings is 1. The van der Waals surface area contributed by atoms with Crippen LogP contribution >= 0.6 is 23.4 Å². The van der Waals surface area contributed by atoms with Gasteiger partial charge in [-0.05, 0) is 18.2 Å². The molecule has 0 fully saturated rings. The SMILES string of the molecule is COC(O)c1ccccc1Sc1ncc(Cl)cc1NS(=O)(=O)c1cc2ccccc2o1. The molecule has 1 unspecified atom stereocenters.